The summed E-state index contributed by atoms with van der Waals surface area (Å²) in [5.74, 6) is 0.190. The summed E-state index contributed by atoms with van der Waals surface area (Å²) in [5.41, 5.74) is 1.46. The molecule has 0 amide bonds. The molecule has 2 rings (SSSR count). The number of rotatable bonds is 5. The van der Waals surface area contributed by atoms with Crippen LogP contribution in [-0.2, 0) is 0 Å². The average Bonchev–Trinajstić information content (AvgIpc) is 2.44. The van der Waals surface area contributed by atoms with Crippen LogP contribution in [0.4, 0.5) is 4.39 Å². The Morgan fingerprint density at radius 2 is 2.05 bits per heavy atom. The van der Waals surface area contributed by atoms with Gasteiger partial charge in [-0.3, -0.25) is 0 Å². The van der Waals surface area contributed by atoms with E-state index in [2.05, 4.69) is 21.2 Å². The second-order valence-electron chi connectivity index (χ2n) is 4.58. The Morgan fingerprint density at radius 3 is 2.62 bits per heavy atom. The van der Waals surface area contributed by atoms with Gasteiger partial charge in [-0.25, -0.2) is 4.39 Å². The molecule has 0 fully saturated rings. The molecule has 0 saturated heterocycles. The summed E-state index contributed by atoms with van der Waals surface area (Å²) in [5, 5.41) is 3.90. The monoisotopic (exact) mass is 371 g/mol. The Kier molecular flexibility index (Phi) is 5.62. The van der Waals surface area contributed by atoms with Crippen molar-refractivity contribution in [2.45, 2.75) is 13.0 Å². The molecule has 1 atom stereocenters. The fourth-order valence-corrected chi connectivity index (χ4v) is 3.11. The highest BCUT2D eigenvalue weighted by Crippen LogP contribution is 2.30. The second kappa shape index (κ2) is 7.25. The van der Waals surface area contributed by atoms with Crippen LogP contribution in [0.15, 0.2) is 40.9 Å². The predicted octanol–water partition coefficient (Wildman–Crippen LogP) is 4.95. The van der Waals surface area contributed by atoms with Gasteiger partial charge in [0, 0.05) is 21.1 Å². The van der Waals surface area contributed by atoms with Crippen molar-refractivity contribution in [3.8, 4) is 5.75 Å². The van der Waals surface area contributed by atoms with E-state index in [1.807, 2.05) is 19.1 Å². The quantitative estimate of drug-likeness (QED) is 0.802. The first-order chi connectivity index (χ1) is 10.0. The number of methoxy groups -OCH3 is 1. The summed E-state index contributed by atoms with van der Waals surface area (Å²) >= 11 is 9.52. The van der Waals surface area contributed by atoms with Crippen molar-refractivity contribution < 1.29 is 9.13 Å². The number of ether oxygens (including phenoxy) is 1. The lowest BCUT2D eigenvalue weighted by Gasteiger charge is -2.20. The summed E-state index contributed by atoms with van der Waals surface area (Å²) in [6.45, 7) is 2.69. The summed E-state index contributed by atoms with van der Waals surface area (Å²) in [7, 11) is 1.52. The molecule has 0 bridgehead atoms. The van der Waals surface area contributed by atoms with Crippen molar-refractivity contribution in [2.24, 2.45) is 0 Å². The van der Waals surface area contributed by atoms with Gasteiger partial charge in [0.05, 0.1) is 13.2 Å². The van der Waals surface area contributed by atoms with Crippen molar-refractivity contribution in [2.75, 3.05) is 13.7 Å². The fourth-order valence-electron chi connectivity index (χ4n) is 2.22. The molecular formula is C16H16BrClFNO. The number of halogens is 3. The topological polar surface area (TPSA) is 21.3 Å². The first-order valence-electron chi connectivity index (χ1n) is 6.58. The molecule has 2 nitrogen and oxygen atoms in total. The van der Waals surface area contributed by atoms with Crippen LogP contribution in [-0.4, -0.2) is 13.7 Å². The van der Waals surface area contributed by atoms with Crippen LogP contribution in [0.2, 0.25) is 5.02 Å². The van der Waals surface area contributed by atoms with Gasteiger partial charge in [-0.15, -0.1) is 0 Å². The SMILES string of the molecule is CCNC(c1cc(Cl)cc(Br)c1)c1ccc(OC)cc1F. The van der Waals surface area contributed by atoms with E-state index in [1.165, 1.54) is 13.2 Å². The van der Waals surface area contributed by atoms with Crippen LogP contribution < -0.4 is 10.1 Å². The lowest BCUT2D eigenvalue weighted by Crippen LogP contribution is -2.23. The molecule has 112 valence electrons. The van der Waals surface area contributed by atoms with E-state index in [-0.39, 0.29) is 11.9 Å². The number of nitrogens with one attached hydrogen (secondary N) is 1. The minimum absolute atomic E-state index is 0.268. The second-order valence-corrected chi connectivity index (χ2v) is 5.93. The van der Waals surface area contributed by atoms with Gasteiger partial charge in [-0.2, -0.15) is 0 Å². The van der Waals surface area contributed by atoms with Gasteiger partial charge in [0.1, 0.15) is 11.6 Å². The maximum Gasteiger partial charge on any atom is 0.132 e. The van der Waals surface area contributed by atoms with E-state index in [0.717, 1.165) is 10.0 Å². The van der Waals surface area contributed by atoms with E-state index in [9.17, 15) is 4.39 Å². The van der Waals surface area contributed by atoms with Gasteiger partial charge in [0.2, 0.25) is 0 Å². The van der Waals surface area contributed by atoms with Gasteiger partial charge >= 0.3 is 0 Å². The van der Waals surface area contributed by atoms with Crippen LogP contribution in [0.3, 0.4) is 0 Å². The zero-order valence-corrected chi connectivity index (χ0v) is 14.1. The van der Waals surface area contributed by atoms with Crippen LogP contribution in [0.25, 0.3) is 0 Å². The molecule has 1 N–H and O–H groups in total. The number of hydrogen-bond acceptors (Lipinski definition) is 2. The molecule has 0 heterocycles. The van der Waals surface area contributed by atoms with E-state index in [4.69, 9.17) is 16.3 Å². The summed E-state index contributed by atoms with van der Waals surface area (Å²) in [4.78, 5) is 0. The molecule has 0 aliphatic carbocycles. The van der Waals surface area contributed by atoms with E-state index < -0.39 is 0 Å². The van der Waals surface area contributed by atoms with E-state index >= 15 is 0 Å². The lowest BCUT2D eigenvalue weighted by molar-refractivity contribution is 0.410. The minimum atomic E-state index is -0.309. The molecule has 5 heteroatoms. The first kappa shape index (κ1) is 16.3. The summed E-state index contributed by atoms with van der Waals surface area (Å²) in [6, 6.07) is 10.2. The highest BCUT2D eigenvalue weighted by molar-refractivity contribution is 9.10. The molecule has 0 saturated carbocycles. The maximum absolute atomic E-state index is 14.3. The van der Waals surface area contributed by atoms with Crippen molar-refractivity contribution in [1.82, 2.24) is 5.32 Å². The van der Waals surface area contributed by atoms with Gasteiger partial charge in [0.25, 0.3) is 0 Å². The molecule has 2 aromatic carbocycles. The van der Waals surface area contributed by atoms with Gasteiger partial charge < -0.3 is 10.1 Å². The van der Waals surface area contributed by atoms with Crippen molar-refractivity contribution in [3.63, 3.8) is 0 Å². The Bertz CT molecular complexity index is 615. The smallest absolute Gasteiger partial charge is 0.132 e. The van der Waals surface area contributed by atoms with Gasteiger partial charge in [-0.05, 0) is 36.4 Å². The lowest BCUT2D eigenvalue weighted by atomic mass is 9.98. The van der Waals surface area contributed by atoms with Crippen LogP contribution in [0.5, 0.6) is 5.75 Å². The zero-order chi connectivity index (χ0) is 15.4. The van der Waals surface area contributed by atoms with Gasteiger partial charge in [-0.1, -0.05) is 40.5 Å². The van der Waals surface area contributed by atoms with Crippen molar-refractivity contribution in [1.29, 1.82) is 0 Å². The Morgan fingerprint density at radius 1 is 1.29 bits per heavy atom. The highest BCUT2D eigenvalue weighted by atomic mass is 79.9. The summed E-state index contributed by atoms with van der Waals surface area (Å²) in [6.07, 6.45) is 0. The molecule has 0 aromatic heterocycles. The fraction of sp³-hybridized carbons (Fsp3) is 0.250. The number of benzene rings is 2. The Hall–Kier alpha value is -1.10. The normalized spacial score (nSPS) is 12.2. The molecule has 0 aliphatic rings. The Balaban J connectivity index is 2.47. The highest BCUT2D eigenvalue weighted by Gasteiger charge is 2.18. The molecule has 1 unspecified atom stereocenters. The first-order valence-corrected chi connectivity index (χ1v) is 7.75. The van der Waals surface area contributed by atoms with E-state index in [0.29, 0.717) is 22.9 Å². The molecule has 2 aromatic rings. The molecule has 0 aliphatic heterocycles. The third-order valence-corrected chi connectivity index (χ3v) is 3.82. The summed E-state index contributed by atoms with van der Waals surface area (Å²) < 4.78 is 20.2. The molecule has 0 spiro atoms. The van der Waals surface area contributed by atoms with Crippen LogP contribution in [0, 0.1) is 5.82 Å². The van der Waals surface area contributed by atoms with Crippen molar-refractivity contribution >= 4 is 27.5 Å². The third-order valence-electron chi connectivity index (χ3n) is 3.15. The average molecular weight is 373 g/mol. The van der Waals surface area contributed by atoms with Gasteiger partial charge in [0.15, 0.2) is 0 Å². The maximum atomic E-state index is 14.3. The molecular weight excluding hydrogens is 357 g/mol. The predicted molar refractivity (Wildman–Crippen MR) is 87.6 cm³/mol. The minimum Gasteiger partial charge on any atom is -0.497 e. The van der Waals surface area contributed by atoms with Crippen LogP contribution >= 0.6 is 27.5 Å². The Labute approximate surface area is 137 Å². The molecule has 21 heavy (non-hydrogen) atoms. The third kappa shape index (κ3) is 3.96. The molecule has 0 radical (unpaired) electrons. The standard InChI is InChI=1S/C16H16BrClFNO/c1-3-20-16(10-6-11(17)8-12(18)7-10)14-5-4-13(21-2)9-15(14)19/h4-9,16,20H,3H2,1-2H3. The zero-order valence-electron chi connectivity index (χ0n) is 11.8. The van der Waals surface area contributed by atoms with Crippen molar-refractivity contribution in [3.05, 3.63) is 62.8 Å². The van der Waals surface area contributed by atoms with E-state index in [1.54, 1.807) is 18.2 Å². The van der Waals surface area contributed by atoms with Crippen LogP contribution in [0.1, 0.15) is 24.1 Å². The number of hydrogen-bond donors (Lipinski definition) is 1. The largest absolute Gasteiger partial charge is 0.497 e.